The molecule has 1 fully saturated rings. The summed E-state index contributed by atoms with van der Waals surface area (Å²) in [6, 6.07) is 0. The molecule has 6 nitrogen and oxygen atoms in total. The summed E-state index contributed by atoms with van der Waals surface area (Å²) in [5.41, 5.74) is 1.76. The van der Waals surface area contributed by atoms with E-state index in [2.05, 4.69) is 6.58 Å². The molecule has 2 N–H and O–H groups in total. The zero-order chi connectivity index (χ0) is 19.6. The maximum atomic E-state index is 12.2. The highest BCUT2D eigenvalue weighted by molar-refractivity contribution is 5.91. The molecule has 0 spiro atoms. The predicted molar refractivity (Wildman–Crippen MR) is 96.0 cm³/mol. The normalized spacial score (nSPS) is 37.0. The summed E-state index contributed by atoms with van der Waals surface area (Å²) >= 11 is 0. The van der Waals surface area contributed by atoms with E-state index in [4.69, 9.17) is 9.47 Å². The van der Waals surface area contributed by atoms with Crippen molar-refractivity contribution in [1.29, 1.82) is 0 Å². The summed E-state index contributed by atoms with van der Waals surface area (Å²) in [5.74, 6) is -1.93. The van der Waals surface area contributed by atoms with E-state index in [-0.39, 0.29) is 5.57 Å². The summed E-state index contributed by atoms with van der Waals surface area (Å²) in [7, 11) is 0. The Morgan fingerprint density at radius 2 is 2.00 bits per heavy atom. The van der Waals surface area contributed by atoms with Crippen LogP contribution >= 0.6 is 0 Å². The zero-order valence-corrected chi connectivity index (χ0v) is 15.6. The van der Waals surface area contributed by atoms with Crippen LogP contribution in [0.25, 0.3) is 0 Å². The summed E-state index contributed by atoms with van der Waals surface area (Å²) < 4.78 is 10.8. The average Bonchev–Trinajstić information content (AvgIpc) is 2.88. The molecule has 1 aliphatic heterocycles. The molecular formula is C20H26O6. The van der Waals surface area contributed by atoms with Crippen molar-refractivity contribution in [2.24, 2.45) is 5.92 Å². The molecule has 0 radical (unpaired) electrons. The topological polar surface area (TPSA) is 93.1 Å². The van der Waals surface area contributed by atoms with Crippen molar-refractivity contribution in [3.8, 4) is 0 Å². The van der Waals surface area contributed by atoms with Gasteiger partial charge >= 0.3 is 11.9 Å². The van der Waals surface area contributed by atoms with Gasteiger partial charge in [-0.15, -0.1) is 0 Å². The van der Waals surface area contributed by atoms with Crippen LogP contribution in [0.2, 0.25) is 0 Å². The van der Waals surface area contributed by atoms with Gasteiger partial charge in [-0.25, -0.2) is 9.59 Å². The van der Waals surface area contributed by atoms with Gasteiger partial charge in [0.25, 0.3) is 0 Å². The van der Waals surface area contributed by atoms with Crippen molar-refractivity contribution in [3.05, 3.63) is 47.1 Å². The van der Waals surface area contributed by atoms with Gasteiger partial charge in [0.2, 0.25) is 0 Å². The molecule has 2 rings (SSSR count). The Kier molecular flexibility index (Phi) is 6.21. The quantitative estimate of drug-likeness (QED) is 0.443. The number of carbonyl (C=O) groups is 2. The van der Waals surface area contributed by atoms with Gasteiger partial charge < -0.3 is 19.7 Å². The SMILES string of the molecule is C=C1C(=O)OC2/C=C(\C)C(O)C/C=C(/C)C(OC(=O)/C(C)=C\C)C(O)C12. The van der Waals surface area contributed by atoms with Crippen LogP contribution < -0.4 is 0 Å². The minimum atomic E-state index is -1.21. The Balaban J connectivity index is 2.46. The molecule has 142 valence electrons. The molecule has 1 heterocycles. The molecule has 5 unspecified atom stereocenters. The fourth-order valence-corrected chi connectivity index (χ4v) is 3.06. The van der Waals surface area contributed by atoms with E-state index >= 15 is 0 Å². The molecule has 1 saturated heterocycles. The fourth-order valence-electron chi connectivity index (χ4n) is 3.06. The highest BCUT2D eigenvalue weighted by Gasteiger charge is 2.46. The number of aliphatic hydroxyl groups excluding tert-OH is 2. The largest absolute Gasteiger partial charge is 0.454 e. The molecule has 1 aliphatic carbocycles. The molecule has 2 aliphatic rings. The van der Waals surface area contributed by atoms with Gasteiger partial charge in [-0.1, -0.05) is 18.7 Å². The maximum Gasteiger partial charge on any atom is 0.334 e. The Labute approximate surface area is 153 Å². The number of rotatable bonds is 2. The number of allylic oxidation sites excluding steroid dienone is 1. The van der Waals surface area contributed by atoms with Gasteiger partial charge in [-0.3, -0.25) is 0 Å². The Bertz CT molecular complexity index is 699. The van der Waals surface area contributed by atoms with Crippen molar-refractivity contribution >= 4 is 11.9 Å². The third kappa shape index (κ3) is 3.97. The van der Waals surface area contributed by atoms with Crippen molar-refractivity contribution in [2.75, 3.05) is 0 Å². The van der Waals surface area contributed by atoms with Gasteiger partial charge in [0.1, 0.15) is 18.3 Å². The van der Waals surface area contributed by atoms with Gasteiger partial charge in [0.05, 0.1) is 12.0 Å². The van der Waals surface area contributed by atoms with Crippen molar-refractivity contribution in [3.63, 3.8) is 0 Å². The first-order chi connectivity index (χ1) is 12.2. The first kappa shape index (κ1) is 20.1. The van der Waals surface area contributed by atoms with E-state index in [1.165, 1.54) is 0 Å². The minimum absolute atomic E-state index is 0.123. The Hall–Kier alpha value is -2.18. The second-order valence-corrected chi connectivity index (χ2v) is 6.82. The first-order valence-corrected chi connectivity index (χ1v) is 8.62. The van der Waals surface area contributed by atoms with Crippen LogP contribution in [0, 0.1) is 5.92 Å². The number of hydrogen-bond acceptors (Lipinski definition) is 6. The number of aliphatic hydroxyl groups is 2. The standard InChI is InChI=1S/C20H26O6/c1-6-10(2)19(23)26-18-11(3)7-8-14(21)12(4)9-15-16(17(18)22)13(5)20(24)25-15/h6-7,9,14-18,21-22H,5,8H2,1-4H3/b10-6-,11-7-,12-9+. The van der Waals surface area contributed by atoms with Gasteiger partial charge in [-0.2, -0.15) is 0 Å². The number of carbonyl (C=O) groups excluding carboxylic acids is 2. The van der Waals surface area contributed by atoms with Crippen LogP contribution in [0.1, 0.15) is 34.1 Å². The van der Waals surface area contributed by atoms with Gasteiger partial charge in [0.15, 0.2) is 0 Å². The third-order valence-electron chi connectivity index (χ3n) is 4.99. The Morgan fingerprint density at radius 1 is 1.35 bits per heavy atom. The van der Waals surface area contributed by atoms with Crippen LogP contribution in [-0.4, -0.2) is 46.6 Å². The lowest BCUT2D eigenvalue weighted by Gasteiger charge is -2.31. The maximum absolute atomic E-state index is 12.2. The minimum Gasteiger partial charge on any atom is -0.454 e. The second kappa shape index (κ2) is 8.01. The molecular weight excluding hydrogens is 336 g/mol. The molecule has 0 aromatic rings. The number of ether oxygens (including phenoxy) is 2. The van der Waals surface area contributed by atoms with Crippen molar-refractivity contribution in [2.45, 2.75) is 58.5 Å². The third-order valence-corrected chi connectivity index (χ3v) is 4.99. The molecule has 6 heteroatoms. The first-order valence-electron chi connectivity index (χ1n) is 8.62. The average molecular weight is 362 g/mol. The monoisotopic (exact) mass is 362 g/mol. The smallest absolute Gasteiger partial charge is 0.334 e. The van der Waals surface area contributed by atoms with Crippen molar-refractivity contribution < 1.29 is 29.3 Å². The van der Waals surface area contributed by atoms with Crippen LogP contribution in [0.15, 0.2) is 47.1 Å². The van der Waals surface area contributed by atoms with E-state index in [9.17, 15) is 19.8 Å². The summed E-state index contributed by atoms with van der Waals surface area (Å²) in [6.45, 7) is 10.5. The van der Waals surface area contributed by atoms with Crippen molar-refractivity contribution in [1.82, 2.24) is 0 Å². The van der Waals surface area contributed by atoms with Crippen LogP contribution in [-0.2, 0) is 19.1 Å². The summed E-state index contributed by atoms with van der Waals surface area (Å²) in [5, 5.41) is 21.2. The molecule has 0 bridgehead atoms. The summed E-state index contributed by atoms with van der Waals surface area (Å²) in [6.07, 6.45) is 1.56. The summed E-state index contributed by atoms with van der Waals surface area (Å²) in [4.78, 5) is 24.2. The fraction of sp³-hybridized carbons (Fsp3) is 0.500. The lowest BCUT2D eigenvalue weighted by Crippen LogP contribution is -2.42. The van der Waals surface area contributed by atoms with E-state index in [0.717, 1.165) is 0 Å². The molecule has 0 aromatic heterocycles. The van der Waals surface area contributed by atoms with E-state index < -0.39 is 42.3 Å². The van der Waals surface area contributed by atoms with E-state index in [0.29, 0.717) is 23.1 Å². The zero-order valence-electron chi connectivity index (χ0n) is 15.6. The van der Waals surface area contributed by atoms with Gasteiger partial charge in [0, 0.05) is 11.1 Å². The highest BCUT2D eigenvalue weighted by atomic mass is 16.6. The molecule has 0 saturated carbocycles. The number of fused-ring (bicyclic) bond motifs is 1. The van der Waals surface area contributed by atoms with Gasteiger partial charge in [-0.05, 0) is 51.3 Å². The molecule has 26 heavy (non-hydrogen) atoms. The number of hydrogen-bond donors (Lipinski definition) is 2. The Morgan fingerprint density at radius 3 is 2.62 bits per heavy atom. The van der Waals surface area contributed by atoms with Crippen LogP contribution in [0.5, 0.6) is 0 Å². The van der Waals surface area contributed by atoms with E-state index in [1.807, 2.05) is 0 Å². The van der Waals surface area contributed by atoms with E-state index in [1.54, 1.807) is 45.9 Å². The van der Waals surface area contributed by atoms with Crippen LogP contribution in [0.3, 0.4) is 0 Å². The molecule has 0 aromatic carbocycles. The molecule has 5 atom stereocenters. The lowest BCUT2D eigenvalue weighted by atomic mass is 9.83. The lowest BCUT2D eigenvalue weighted by molar-refractivity contribution is -0.150. The second-order valence-electron chi connectivity index (χ2n) is 6.82. The number of esters is 2. The van der Waals surface area contributed by atoms with Crippen LogP contribution in [0.4, 0.5) is 0 Å². The molecule has 0 amide bonds. The highest BCUT2D eigenvalue weighted by Crippen LogP contribution is 2.35. The predicted octanol–water partition coefficient (Wildman–Crippen LogP) is 1.98.